The molecular formula is C56H80NiO4S2-4. The molecule has 0 amide bonds. The normalized spacial score (nSPS) is 13.3. The maximum atomic E-state index is 12.6. The molecule has 354 valence electrons. The molecule has 0 aliphatic rings. The second-order valence-corrected chi connectivity index (χ2v) is 27.5. The average molecular weight is 940 g/mol. The maximum Gasteiger partial charge on any atom is 0.00459 e. The Kier molecular flexibility index (Phi) is 18.3. The van der Waals surface area contributed by atoms with Gasteiger partial charge in [0.1, 0.15) is 0 Å². The van der Waals surface area contributed by atoms with Crippen LogP contribution in [-0.4, -0.2) is 0 Å². The molecule has 4 aromatic rings. The first-order valence-electron chi connectivity index (χ1n) is 22.4. The molecule has 0 spiro atoms. The molecule has 0 N–H and O–H groups in total. The van der Waals surface area contributed by atoms with Gasteiger partial charge in [-0.2, -0.15) is 0 Å². The van der Waals surface area contributed by atoms with Crippen molar-refractivity contribution in [3.05, 3.63) is 95.1 Å². The van der Waals surface area contributed by atoms with Crippen LogP contribution in [0.4, 0.5) is 0 Å². The maximum absolute atomic E-state index is 12.6. The van der Waals surface area contributed by atoms with Gasteiger partial charge in [-0.25, -0.2) is 0 Å². The van der Waals surface area contributed by atoms with E-state index in [0.717, 1.165) is 47.9 Å². The predicted octanol–water partition coefficient (Wildman–Crippen LogP) is 14.8. The number of benzene rings is 4. The van der Waals surface area contributed by atoms with Crippen LogP contribution in [0.15, 0.2) is 92.4 Å². The molecule has 0 saturated heterocycles. The Balaban J connectivity index is 0.000000427. The summed E-state index contributed by atoms with van der Waals surface area (Å²) in [5.41, 5.74) is 5.06. The van der Waals surface area contributed by atoms with Gasteiger partial charge in [0.2, 0.25) is 0 Å². The minimum Gasteiger partial charge on any atom is -0.872 e. The molecule has 7 heteroatoms. The largest absolute Gasteiger partial charge is 0.872 e. The second-order valence-electron chi connectivity index (χ2n) is 25.3. The molecule has 0 radical (unpaired) electrons. The first kappa shape index (κ1) is 56.4. The molecule has 0 aliphatic carbocycles. The number of hydrogen-bond acceptors (Lipinski definition) is 6. The van der Waals surface area contributed by atoms with Gasteiger partial charge in [-0.1, -0.05) is 234 Å². The molecule has 4 rings (SSSR count). The zero-order valence-corrected chi connectivity index (χ0v) is 45.1. The van der Waals surface area contributed by atoms with E-state index in [0.29, 0.717) is 19.6 Å². The minimum absolute atomic E-state index is 0. The standard InChI is InChI=1S/2C28H42O2S.Ni/c2*1-25(2,3)17-27(7,8)19-11-13-21(29)23(15-19)31-24-16-20(12-14-22(24)30)28(9,10)18-26(4,5)6;/h2*11-16,29-30H,17-18H2,1-10H3;/p-4. The summed E-state index contributed by atoms with van der Waals surface area (Å²) in [4.78, 5) is 2.51. The molecule has 0 saturated carbocycles. The van der Waals surface area contributed by atoms with E-state index in [1.165, 1.54) is 23.5 Å². The average Bonchev–Trinajstić information content (AvgIpc) is 3.04. The van der Waals surface area contributed by atoms with Crippen molar-refractivity contribution in [1.82, 2.24) is 0 Å². The third-order valence-corrected chi connectivity index (χ3v) is 13.4. The van der Waals surface area contributed by atoms with Gasteiger partial charge in [0.25, 0.3) is 0 Å². The van der Waals surface area contributed by atoms with E-state index in [2.05, 4.69) is 138 Å². The van der Waals surface area contributed by atoms with E-state index in [-0.39, 0.29) is 82.8 Å². The van der Waals surface area contributed by atoms with Crippen molar-refractivity contribution in [2.24, 2.45) is 21.7 Å². The smallest absolute Gasteiger partial charge is 0.00459 e. The van der Waals surface area contributed by atoms with Crippen molar-refractivity contribution in [3.8, 4) is 23.0 Å². The molecule has 4 nitrogen and oxygen atoms in total. The molecule has 63 heavy (non-hydrogen) atoms. The Bertz CT molecular complexity index is 1830. The van der Waals surface area contributed by atoms with Crippen molar-refractivity contribution in [2.75, 3.05) is 0 Å². The van der Waals surface area contributed by atoms with Crippen LogP contribution in [0, 0.1) is 21.7 Å². The number of rotatable bonds is 12. The quantitative estimate of drug-likeness (QED) is 0.131. The van der Waals surface area contributed by atoms with Gasteiger partial charge in [0, 0.05) is 36.1 Å². The Labute approximate surface area is 403 Å². The van der Waals surface area contributed by atoms with Gasteiger partial charge < -0.3 is 20.4 Å². The van der Waals surface area contributed by atoms with E-state index >= 15 is 0 Å². The fourth-order valence-electron chi connectivity index (χ4n) is 9.98. The van der Waals surface area contributed by atoms with Crippen LogP contribution in [0.3, 0.4) is 0 Å². The Morgan fingerprint density at radius 3 is 0.603 bits per heavy atom. The van der Waals surface area contributed by atoms with Crippen LogP contribution < -0.4 is 20.4 Å². The van der Waals surface area contributed by atoms with Gasteiger partial charge in [-0.15, -0.1) is 0 Å². The van der Waals surface area contributed by atoms with E-state index in [4.69, 9.17) is 0 Å². The van der Waals surface area contributed by atoms with Crippen LogP contribution in [0.1, 0.15) is 186 Å². The molecule has 0 aromatic heterocycles. The first-order valence-corrected chi connectivity index (χ1v) is 24.0. The monoisotopic (exact) mass is 938 g/mol. The summed E-state index contributed by atoms with van der Waals surface area (Å²) in [6, 6.07) is 22.4. The SMILES string of the molecule is CC(C)(C)CC(C)(C)c1ccc([O-])c(Sc2cc(C(C)(C)CC(C)(C)C)ccc2[O-])c1.CC(C)(C)CC(C)(C)c1ccc([O-])c(Sc2cc(C(C)(C)CC(C)(C)C)ccc2[O-])c1.[Ni]. The zero-order valence-electron chi connectivity index (χ0n) is 42.5. The van der Waals surface area contributed by atoms with E-state index in [1.54, 1.807) is 24.3 Å². The molecule has 0 heterocycles. The van der Waals surface area contributed by atoms with E-state index < -0.39 is 0 Å². The summed E-state index contributed by atoms with van der Waals surface area (Å²) in [5.74, 6) is -0.115. The predicted molar refractivity (Wildman–Crippen MR) is 260 cm³/mol. The summed E-state index contributed by atoms with van der Waals surface area (Å²) in [6.07, 6.45) is 4.02. The van der Waals surface area contributed by atoms with Crippen LogP contribution in [0.5, 0.6) is 23.0 Å². The molecule has 0 unspecified atom stereocenters. The summed E-state index contributed by atoms with van der Waals surface area (Å²) >= 11 is 2.62. The molecule has 0 fully saturated rings. The minimum atomic E-state index is -0.0574. The third kappa shape index (κ3) is 17.5. The van der Waals surface area contributed by atoms with Crippen molar-refractivity contribution >= 4 is 23.5 Å². The molecule has 0 aliphatic heterocycles. The van der Waals surface area contributed by atoms with Crippen molar-refractivity contribution < 1.29 is 36.9 Å². The third-order valence-electron chi connectivity index (χ3n) is 11.2. The Morgan fingerprint density at radius 2 is 0.460 bits per heavy atom. The first-order chi connectivity index (χ1) is 27.8. The van der Waals surface area contributed by atoms with Crippen LogP contribution in [0.25, 0.3) is 0 Å². The Hall–Kier alpha value is -2.73. The van der Waals surface area contributed by atoms with Crippen molar-refractivity contribution in [1.29, 1.82) is 0 Å². The van der Waals surface area contributed by atoms with E-state index in [9.17, 15) is 20.4 Å². The summed E-state index contributed by atoms with van der Waals surface area (Å²) in [6.45, 7) is 44.6. The zero-order chi connectivity index (χ0) is 47.7. The fraction of sp³-hybridized carbons (Fsp3) is 0.571. The van der Waals surface area contributed by atoms with Gasteiger partial charge in [0.15, 0.2) is 0 Å². The molecule has 0 bridgehead atoms. The second kappa shape index (κ2) is 20.4. The summed E-state index contributed by atoms with van der Waals surface area (Å²) < 4.78 is 0. The van der Waals surface area contributed by atoms with Gasteiger partial charge >= 0.3 is 0 Å². The molecule has 0 atom stereocenters. The number of hydrogen-bond donors (Lipinski definition) is 0. The van der Waals surface area contributed by atoms with Gasteiger partial charge in [-0.05, 0) is 116 Å². The molecular weight excluding hydrogens is 859 g/mol. The van der Waals surface area contributed by atoms with Crippen molar-refractivity contribution in [2.45, 2.75) is 205 Å². The van der Waals surface area contributed by atoms with Gasteiger partial charge in [0.05, 0.1) is 0 Å². The van der Waals surface area contributed by atoms with Crippen molar-refractivity contribution in [3.63, 3.8) is 0 Å². The summed E-state index contributed by atoms with van der Waals surface area (Å²) in [5, 5.41) is 50.6. The van der Waals surface area contributed by atoms with Gasteiger partial charge in [-0.3, -0.25) is 0 Å². The Morgan fingerprint density at radius 1 is 0.302 bits per heavy atom. The fourth-order valence-corrected chi connectivity index (χ4v) is 11.9. The van der Waals surface area contributed by atoms with Crippen LogP contribution in [0.2, 0.25) is 0 Å². The van der Waals surface area contributed by atoms with Crippen LogP contribution >= 0.6 is 23.5 Å². The topological polar surface area (TPSA) is 92.2 Å². The van der Waals surface area contributed by atoms with Crippen LogP contribution in [-0.2, 0) is 38.2 Å². The summed E-state index contributed by atoms with van der Waals surface area (Å²) in [7, 11) is 0. The van der Waals surface area contributed by atoms with E-state index in [1.807, 2.05) is 48.5 Å². The molecule has 4 aromatic carbocycles.